The van der Waals surface area contributed by atoms with Crippen molar-refractivity contribution in [2.45, 2.75) is 18.9 Å². The molecule has 20 heavy (non-hydrogen) atoms. The predicted octanol–water partition coefficient (Wildman–Crippen LogP) is 3.32. The molecule has 0 fully saturated rings. The minimum absolute atomic E-state index is 0.242. The van der Waals surface area contributed by atoms with Crippen molar-refractivity contribution in [2.24, 2.45) is 0 Å². The maximum Gasteiger partial charge on any atom is 0.288 e. The first-order chi connectivity index (χ1) is 9.60. The van der Waals surface area contributed by atoms with Gasteiger partial charge in [0.15, 0.2) is 0 Å². The molecule has 2 aromatic rings. The quantitative estimate of drug-likeness (QED) is 0.918. The third-order valence-corrected chi connectivity index (χ3v) is 5.08. The van der Waals surface area contributed by atoms with Gasteiger partial charge in [0.25, 0.3) is 5.91 Å². The van der Waals surface area contributed by atoms with Crippen LogP contribution in [0.2, 0.25) is 0 Å². The van der Waals surface area contributed by atoms with Crippen LogP contribution in [0, 0.1) is 0 Å². The lowest BCUT2D eigenvalue weighted by Crippen LogP contribution is -2.43. The van der Waals surface area contributed by atoms with Crippen molar-refractivity contribution in [3.8, 4) is 0 Å². The molecule has 0 saturated carbocycles. The highest BCUT2D eigenvalue weighted by Gasteiger charge is 2.34. The molecule has 0 aromatic carbocycles. The highest BCUT2D eigenvalue weighted by atomic mass is 79.9. The molecule has 1 atom stereocenters. The zero-order chi connectivity index (χ0) is 14.2. The number of carbonyl (C=O) groups is 1. The third-order valence-electron chi connectivity index (χ3n) is 3.47. The number of hydrogen-bond donors (Lipinski definition) is 1. The molecule has 0 spiro atoms. The summed E-state index contributed by atoms with van der Waals surface area (Å²) in [6, 6.07) is 3.78. The minimum Gasteiger partial charge on any atom is -0.458 e. The Bertz CT molecular complexity index is 636. The Hall–Kier alpha value is -1.11. The van der Waals surface area contributed by atoms with Crippen LogP contribution >= 0.6 is 27.3 Å². The summed E-state index contributed by atoms with van der Waals surface area (Å²) >= 11 is 5.03. The van der Waals surface area contributed by atoms with E-state index in [0.717, 1.165) is 6.42 Å². The Morgan fingerprint density at radius 3 is 3.15 bits per heavy atom. The zero-order valence-corrected chi connectivity index (χ0v) is 13.3. The Morgan fingerprint density at radius 2 is 2.40 bits per heavy atom. The van der Waals surface area contributed by atoms with Gasteiger partial charge in [-0.05, 0) is 45.9 Å². The Labute approximate surface area is 129 Å². The number of fused-ring (bicyclic) bond motifs is 1. The van der Waals surface area contributed by atoms with Gasteiger partial charge in [-0.3, -0.25) is 4.79 Å². The number of rotatable bonds is 3. The molecule has 106 valence electrons. The van der Waals surface area contributed by atoms with Crippen LogP contribution in [-0.2, 0) is 16.8 Å². The van der Waals surface area contributed by atoms with Gasteiger partial charge in [0, 0.05) is 11.3 Å². The number of halogens is 1. The molecule has 0 radical (unpaired) electrons. The SMILES string of the molecule is CC1(CNC(=O)c2occc2Br)OCCc2sccc21. The fourth-order valence-electron chi connectivity index (χ4n) is 2.38. The summed E-state index contributed by atoms with van der Waals surface area (Å²) in [4.78, 5) is 13.4. The van der Waals surface area contributed by atoms with E-state index in [-0.39, 0.29) is 11.7 Å². The van der Waals surface area contributed by atoms with E-state index in [1.165, 1.54) is 16.7 Å². The lowest BCUT2D eigenvalue weighted by Gasteiger charge is -2.34. The van der Waals surface area contributed by atoms with Crippen LogP contribution in [0.4, 0.5) is 0 Å². The van der Waals surface area contributed by atoms with Crippen LogP contribution in [-0.4, -0.2) is 19.1 Å². The summed E-state index contributed by atoms with van der Waals surface area (Å²) in [5.41, 5.74) is 0.704. The lowest BCUT2D eigenvalue weighted by atomic mass is 9.93. The summed E-state index contributed by atoms with van der Waals surface area (Å²) in [5.74, 6) is 0.0454. The standard InChI is InChI=1S/C14H14BrNO3S/c1-14(9-4-7-20-11(9)3-6-19-14)8-16-13(17)12-10(15)2-5-18-12/h2,4-5,7H,3,6,8H2,1H3,(H,16,17). The molecule has 2 aromatic heterocycles. The first-order valence-corrected chi connectivity index (χ1v) is 7.99. The molecule has 1 N–H and O–H groups in total. The minimum atomic E-state index is -0.470. The predicted molar refractivity (Wildman–Crippen MR) is 80.1 cm³/mol. The van der Waals surface area contributed by atoms with E-state index in [4.69, 9.17) is 9.15 Å². The molecular formula is C14H14BrNO3S. The van der Waals surface area contributed by atoms with E-state index in [0.29, 0.717) is 17.6 Å². The van der Waals surface area contributed by atoms with Crippen molar-refractivity contribution in [3.63, 3.8) is 0 Å². The van der Waals surface area contributed by atoms with E-state index in [1.54, 1.807) is 17.4 Å². The summed E-state index contributed by atoms with van der Waals surface area (Å²) in [7, 11) is 0. The molecule has 3 heterocycles. The summed E-state index contributed by atoms with van der Waals surface area (Å²) in [5, 5.41) is 4.96. The smallest absolute Gasteiger partial charge is 0.288 e. The van der Waals surface area contributed by atoms with E-state index in [2.05, 4.69) is 32.7 Å². The van der Waals surface area contributed by atoms with Crippen LogP contribution < -0.4 is 5.32 Å². The topological polar surface area (TPSA) is 51.5 Å². The van der Waals surface area contributed by atoms with Gasteiger partial charge in [-0.25, -0.2) is 0 Å². The van der Waals surface area contributed by atoms with Crippen LogP contribution in [0.25, 0.3) is 0 Å². The second-order valence-corrected chi connectivity index (χ2v) is 6.72. The first kappa shape index (κ1) is 13.9. The Kier molecular flexibility index (Phi) is 3.70. The van der Waals surface area contributed by atoms with Crippen molar-refractivity contribution in [1.82, 2.24) is 5.32 Å². The average Bonchev–Trinajstić information content (AvgIpc) is 3.05. The van der Waals surface area contributed by atoms with Crippen LogP contribution in [0.3, 0.4) is 0 Å². The number of hydrogen-bond acceptors (Lipinski definition) is 4. The Morgan fingerprint density at radius 1 is 1.55 bits per heavy atom. The molecular weight excluding hydrogens is 342 g/mol. The number of ether oxygens (including phenoxy) is 1. The summed E-state index contributed by atoms with van der Waals surface area (Å²) in [6.07, 6.45) is 2.43. The number of furan rings is 1. The first-order valence-electron chi connectivity index (χ1n) is 6.32. The highest BCUT2D eigenvalue weighted by Crippen LogP contribution is 2.35. The van der Waals surface area contributed by atoms with Crippen LogP contribution in [0.1, 0.15) is 27.9 Å². The number of amides is 1. The highest BCUT2D eigenvalue weighted by molar-refractivity contribution is 9.10. The van der Waals surface area contributed by atoms with Crippen molar-refractivity contribution < 1.29 is 13.9 Å². The van der Waals surface area contributed by atoms with E-state index >= 15 is 0 Å². The normalized spacial score (nSPS) is 21.5. The molecule has 6 heteroatoms. The number of carbonyl (C=O) groups excluding carboxylic acids is 1. The number of nitrogens with one attached hydrogen (secondary N) is 1. The molecule has 4 nitrogen and oxygen atoms in total. The maximum atomic E-state index is 12.1. The van der Waals surface area contributed by atoms with Gasteiger partial charge in [-0.2, -0.15) is 0 Å². The van der Waals surface area contributed by atoms with Crippen LogP contribution in [0.5, 0.6) is 0 Å². The Balaban J connectivity index is 1.73. The zero-order valence-electron chi connectivity index (χ0n) is 10.9. The second-order valence-electron chi connectivity index (χ2n) is 4.87. The molecule has 0 saturated heterocycles. The van der Waals surface area contributed by atoms with Crippen molar-refractivity contribution in [2.75, 3.05) is 13.2 Å². The molecule has 3 rings (SSSR count). The maximum absolute atomic E-state index is 12.1. The summed E-state index contributed by atoms with van der Waals surface area (Å²) < 4.78 is 11.7. The van der Waals surface area contributed by atoms with Crippen molar-refractivity contribution in [3.05, 3.63) is 44.4 Å². The fraction of sp³-hybridized carbons (Fsp3) is 0.357. The fourth-order valence-corrected chi connectivity index (χ4v) is 3.75. The van der Waals surface area contributed by atoms with Gasteiger partial charge in [0.1, 0.15) is 5.60 Å². The third kappa shape index (κ3) is 2.43. The molecule has 0 aliphatic carbocycles. The summed E-state index contributed by atoms with van der Waals surface area (Å²) in [6.45, 7) is 3.11. The lowest BCUT2D eigenvalue weighted by molar-refractivity contribution is -0.0426. The monoisotopic (exact) mass is 355 g/mol. The van der Waals surface area contributed by atoms with Crippen LogP contribution in [0.15, 0.2) is 32.7 Å². The number of thiophene rings is 1. The van der Waals surface area contributed by atoms with Gasteiger partial charge >= 0.3 is 0 Å². The molecule has 0 bridgehead atoms. The van der Waals surface area contributed by atoms with Gasteiger partial charge in [-0.1, -0.05) is 0 Å². The van der Waals surface area contributed by atoms with Gasteiger partial charge in [0.05, 0.1) is 23.9 Å². The van der Waals surface area contributed by atoms with Gasteiger partial charge in [-0.15, -0.1) is 11.3 Å². The molecule has 1 amide bonds. The molecule has 1 unspecified atom stereocenters. The average molecular weight is 356 g/mol. The van der Waals surface area contributed by atoms with E-state index in [9.17, 15) is 4.79 Å². The van der Waals surface area contributed by atoms with E-state index < -0.39 is 5.60 Å². The van der Waals surface area contributed by atoms with Crippen molar-refractivity contribution in [1.29, 1.82) is 0 Å². The van der Waals surface area contributed by atoms with Crippen molar-refractivity contribution >= 4 is 33.2 Å². The second kappa shape index (κ2) is 5.35. The van der Waals surface area contributed by atoms with E-state index in [1.807, 2.05) is 6.92 Å². The molecule has 1 aliphatic heterocycles. The van der Waals surface area contributed by atoms with Gasteiger partial charge < -0.3 is 14.5 Å². The largest absolute Gasteiger partial charge is 0.458 e. The van der Waals surface area contributed by atoms with Gasteiger partial charge in [0.2, 0.25) is 5.76 Å². The molecule has 1 aliphatic rings.